The van der Waals surface area contributed by atoms with Gasteiger partial charge in [0.15, 0.2) is 0 Å². The molecule has 0 unspecified atom stereocenters. The zero-order chi connectivity index (χ0) is 19.9. The number of benzene rings is 2. The van der Waals surface area contributed by atoms with Crippen molar-refractivity contribution in [3.63, 3.8) is 0 Å². The quantitative estimate of drug-likeness (QED) is 0.726. The van der Waals surface area contributed by atoms with Crippen LogP contribution < -0.4 is 15.4 Å². The van der Waals surface area contributed by atoms with Crippen LogP contribution in [0.25, 0.3) is 0 Å². The molecule has 1 fully saturated rings. The second-order valence-electron chi connectivity index (χ2n) is 6.78. The van der Waals surface area contributed by atoms with Crippen LogP contribution in [0.15, 0.2) is 53.0 Å². The van der Waals surface area contributed by atoms with Crippen molar-refractivity contribution in [3.8, 4) is 5.75 Å². The van der Waals surface area contributed by atoms with E-state index in [4.69, 9.17) is 4.74 Å². The smallest absolute Gasteiger partial charge is 0.321 e. The van der Waals surface area contributed by atoms with Gasteiger partial charge in [0, 0.05) is 29.7 Å². The Morgan fingerprint density at radius 2 is 1.89 bits per heavy atom. The molecule has 2 aromatic carbocycles. The summed E-state index contributed by atoms with van der Waals surface area (Å²) in [5, 5.41) is 5.91. The molecular formula is C21H24BrN3O3. The zero-order valence-corrected chi connectivity index (χ0v) is 17.4. The lowest BCUT2D eigenvalue weighted by Gasteiger charge is -2.32. The van der Waals surface area contributed by atoms with Crippen LogP contribution >= 0.6 is 15.9 Å². The fourth-order valence-corrected chi connectivity index (χ4v) is 3.65. The average Bonchev–Trinajstić information content (AvgIpc) is 2.72. The van der Waals surface area contributed by atoms with Crippen LogP contribution in [-0.2, 0) is 0 Å². The molecule has 1 saturated heterocycles. The highest BCUT2D eigenvalue weighted by Crippen LogP contribution is 2.24. The van der Waals surface area contributed by atoms with Gasteiger partial charge < -0.3 is 20.3 Å². The Hall–Kier alpha value is -2.54. The van der Waals surface area contributed by atoms with Crippen LogP contribution in [0.1, 0.15) is 23.2 Å². The Kier molecular flexibility index (Phi) is 6.92. The molecule has 2 N–H and O–H groups in total. The Bertz CT molecular complexity index is 835. The van der Waals surface area contributed by atoms with E-state index in [-0.39, 0.29) is 11.9 Å². The highest BCUT2D eigenvalue weighted by atomic mass is 79.9. The Morgan fingerprint density at radius 1 is 1.14 bits per heavy atom. The van der Waals surface area contributed by atoms with Crippen molar-refractivity contribution in [2.75, 3.05) is 32.1 Å². The molecular weight excluding hydrogens is 422 g/mol. The van der Waals surface area contributed by atoms with Gasteiger partial charge in [-0.1, -0.05) is 34.1 Å². The summed E-state index contributed by atoms with van der Waals surface area (Å²) in [5.41, 5.74) is 1.31. The molecule has 0 atom stereocenters. The van der Waals surface area contributed by atoms with Crippen molar-refractivity contribution in [2.45, 2.75) is 12.8 Å². The summed E-state index contributed by atoms with van der Waals surface area (Å²) in [7, 11) is 1.58. The molecule has 148 valence electrons. The standard InChI is InChI=1S/C21H24BrN3O3/c1-28-19-8-3-2-7-18(19)24-21(27)25-11-9-15(10-12-25)14-23-20(26)16-5-4-6-17(22)13-16/h2-8,13,15H,9-12,14H2,1H3,(H,23,26)(H,24,27). The first-order valence-electron chi connectivity index (χ1n) is 9.29. The number of rotatable bonds is 5. The van der Waals surface area contributed by atoms with Crippen molar-refractivity contribution in [3.05, 3.63) is 58.6 Å². The number of hydrogen-bond acceptors (Lipinski definition) is 3. The monoisotopic (exact) mass is 445 g/mol. The van der Waals surface area contributed by atoms with Gasteiger partial charge in [-0.25, -0.2) is 4.79 Å². The summed E-state index contributed by atoms with van der Waals surface area (Å²) in [6.07, 6.45) is 1.72. The SMILES string of the molecule is COc1ccccc1NC(=O)N1CCC(CNC(=O)c2cccc(Br)c2)CC1. The number of anilines is 1. The van der Waals surface area contributed by atoms with E-state index in [0.29, 0.717) is 42.6 Å². The van der Waals surface area contributed by atoms with E-state index in [2.05, 4.69) is 26.6 Å². The largest absolute Gasteiger partial charge is 0.495 e. The molecule has 0 aromatic heterocycles. The Morgan fingerprint density at radius 3 is 2.61 bits per heavy atom. The number of urea groups is 1. The van der Waals surface area contributed by atoms with Gasteiger partial charge in [0.2, 0.25) is 0 Å². The molecule has 2 aromatic rings. The number of likely N-dealkylation sites (tertiary alicyclic amines) is 1. The average molecular weight is 446 g/mol. The Balaban J connectivity index is 1.45. The minimum absolute atomic E-state index is 0.0716. The normalized spacial score (nSPS) is 14.4. The van der Waals surface area contributed by atoms with Gasteiger partial charge in [-0.2, -0.15) is 0 Å². The highest BCUT2D eigenvalue weighted by Gasteiger charge is 2.23. The number of methoxy groups -OCH3 is 1. The molecule has 0 bridgehead atoms. The molecule has 28 heavy (non-hydrogen) atoms. The predicted octanol–water partition coefficient (Wildman–Crippen LogP) is 4.13. The van der Waals surface area contributed by atoms with E-state index in [1.807, 2.05) is 36.4 Å². The summed E-state index contributed by atoms with van der Waals surface area (Å²) in [4.78, 5) is 26.6. The lowest BCUT2D eigenvalue weighted by molar-refractivity contribution is 0.0938. The first kappa shape index (κ1) is 20.2. The van der Waals surface area contributed by atoms with Crippen LogP contribution in [0.5, 0.6) is 5.75 Å². The molecule has 7 heteroatoms. The van der Waals surface area contributed by atoms with Gasteiger partial charge in [0.25, 0.3) is 5.91 Å². The van der Waals surface area contributed by atoms with Crippen LogP contribution in [-0.4, -0.2) is 43.6 Å². The number of piperidine rings is 1. The molecule has 0 aliphatic carbocycles. The molecule has 0 saturated carbocycles. The first-order chi connectivity index (χ1) is 13.6. The second-order valence-corrected chi connectivity index (χ2v) is 7.70. The van der Waals surface area contributed by atoms with E-state index < -0.39 is 0 Å². The molecule has 1 aliphatic rings. The molecule has 0 radical (unpaired) electrons. The lowest BCUT2D eigenvalue weighted by atomic mass is 9.97. The van der Waals surface area contributed by atoms with Crippen molar-refractivity contribution in [2.24, 2.45) is 5.92 Å². The first-order valence-corrected chi connectivity index (χ1v) is 10.1. The number of carbonyl (C=O) groups is 2. The minimum atomic E-state index is -0.124. The zero-order valence-electron chi connectivity index (χ0n) is 15.8. The number of nitrogens with zero attached hydrogens (tertiary/aromatic N) is 1. The minimum Gasteiger partial charge on any atom is -0.495 e. The van der Waals surface area contributed by atoms with Crippen molar-refractivity contribution < 1.29 is 14.3 Å². The fraction of sp³-hybridized carbons (Fsp3) is 0.333. The highest BCUT2D eigenvalue weighted by molar-refractivity contribution is 9.10. The molecule has 0 spiro atoms. The number of hydrogen-bond donors (Lipinski definition) is 2. The van der Waals surface area contributed by atoms with E-state index in [9.17, 15) is 9.59 Å². The van der Waals surface area contributed by atoms with Crippen molar-refractivity contribution >= 4 is 33.6 Å². The number of carbonyl (C=O) groups excluding carboxylic acids is 2. The van der Waals surface area contributed by atoms with Gasteiger partial charge in [-0.15, -0.1) is 0 Å². The lowest BCUT2D eigenvalue weighted by Crippen LogP contribution is -2.43. The third kappa shape index (κ3) is 5.25. The summed E-state index contributed by atoms with van der Waals surface area (Å²) < 4.78 is 6.16. The molecule has 3 amide bonds. The van der Waals surface area contributed by atoms with E-state index in [0.717, 1.165) is 17.3 Å². The van der Waals surface area contributed by atoms with Gasteiger partial charge in [-0.05, 0) is 49.1 Å². The number of para-hydroxylation sites is 2. The van der Waals surface area contributed by atoms with Crippen molar-refractivity contribution in [1.82, 2.24) is 10.2 Å². The third-order valence-electron chi connectivity index (χ3n) is 4.89. The number of halogens is 1. The summed E-state index contributed by atoms with van der Waals surface area (Å²) in [5.74, 6) is 0.935. The van der Waals surface area contributed by atoms with Gasteiger partial charge in [-0.3, -0.25) is 4.79 Å². The molecule has 1 aliphatic heterocycles. The fourth-order valence-electron chi connectivity index (χ4n) is 3.25. The molecule has 6 nitrogen and oxygen atoms in total. The van der Waals surface area contributed by atoms with E-state index in [1.54, 1.807) is 24.1 Å². The number of amides is 3. The number of nitrogens with one attached hydrogen (secondary N) is 2. The topological polar surface area (TPSA) is 70.7 Å². The second kappa shape index (κ2) is 9.59. The number of ether oxygens (including phenoxy) is 1. The summed E-state index contributed by atoms with van der Waals surface area (Å²) >= 11 is 3.38. The van der Waals surface area contributed by atoms with Gasteiger partial charge >= 0.3 is 6.03 Å². The predicted molar refractivity (Wildman–Crippen MR) is 113 cm³/mol. The van der Waals surface area contributed by atoms with Crippen LogP contribution in [0, 0.1) is 5.92 Å². The van der Waals surface area contributed by atoms with Gasteiger partial charge in [0.05, 0.1) is 12.8 Å². The summed E-state index contributed by atoms with van der Waals surface area (Å²) in [6, 6.07) is 14.6. The Labute approximate surface area is 173 Å². The van der Waals surface area contributed by atoms with Gasteiger partial charge in [0.1, 0.15) is 5.75 Å². The molecule has 3 rings (SSSR count). The summed E-state index contributed by atoms with van der Waals surface area (Å²) in [6.45, 7) is 1.95. The van der Waals surface area contributed by atoms with Crippen LogP contribution in [0.2, 0.25) is 0 Å². The molecule has 1 heterocycles. The maximum absolute atomic E-state index is 12.5. The van der Waals surface area contributed by atoms with Crippen molar-refractivity contribution in [1.29, 1.82) is 0 Å². The third-order valence-corrected chi connectivity index (χ3v) is 5.38. The van der Waals surface area contributed by atoms with Crippen LogP contribution in [0.3, 0.4) is 0 Å². The van der Waals surface area contributed by atoms with Crippen LogP contribution in [0.4, 0.5) is 10.5 Å². The van der Waals surface area contributed by atoms with E-state index in [1.165, 1.54) is 0 Å². The maximum Gasteiger partial charge on any atom is 0.321 e. The van der Waals surface area contributed by atoms with E-state index >= 15 is 0 Å². The maximum atomic E-state index is 12.5.